The molecule has 92 valence electrons. The van der Waals surface area contributed by atoms with Crippen molar-refractivity contribution in [2.75, 3.05) is 13.6 Å². The first-order valence-electron chi connectivity index (χ1n) is 6.01. The summed E-state index contributed by atoms with van der Waals surface area (Å²) in [5.41, 5.74) is 3.45. The van der Waals surface area contributed by atoms with Gasteiger partial charge in [0.1, 0.15) is 17.7 Å². The number of nitrogens with zero attached hydrogens (tertiary/aromatic N) is 3. The summed E-state index contributed by atoms with van der Waals surface area (Å²) in [6.45, 7) is 5.36. The Morgan fingerprint density at radius 2 is 2.11 bits per heavy atom. The Balaban J connectivity index is 2.44. The first kappa shape index (κ1) is 12.4. The third-order valence-corrected chi connectivity index (χ3v) is 3.61. The average Bonchev–Trinajstić information content (AvgIpc) is 2.77. The maximum atomic E-state index is 8.77. The van der Waals surface area contributed by atoms with Gasteiger partial charge < -0.3 is 4.98 Å². The van der Waals surface area contributed by atoms with Crippen LogP contribution in [0, 0.1) is 22.7 Å². The molecule has 1 aromatic rings. The summed E-state index contributed by atoms with van der Waals surface area (Å²) in [6, 6.07) is 6.17. The lowest BCUT2D eigenvalue weighted by Crippen LogP contribution is -2.32. The van der Waals surface area contributed by atoms with Crippen molar-refractivity contribution in [1.29, 1.82) is 10.5 Å². The number of nitriles is 2. The molecule has 4 nitrogen and oxygen atoms in total. The molecule has 1 aromatic heterocycles. The highest BCUT2D eigenvalue weighted by atomic mass is 15.1. The van der Waals surface area contributed by atoms with Crippen molar-refractivity contribution in [3.8, 4) is 12.1 Å². The minimum absolute atomic E-state index is 0.127. The molecule has 1 aliphatic rings. The zero-order chi connectivity index (χ0) is 13.3. The second-order valence-electron chi connectivity index (χ2n) is 4.89. The standard InChI is InChI=1S/C14H16N4/c1-9-8-18(3)10(2)13-5-12(17-14(9)13)4-11(6-15)7-16/h4-5,9-10,17H,8H2,1-3H3/t9-,10+/m1/s1. The van der Waals surface area contributed by atoms with Crippen molar-refractivity contribution < 1.29 is 0 Å². The van der Waals surface area contributed by atoms with Gasteiger partial charge >= 0.3 is 0 Å². The number of hydrogen-bond donors (Lipinski definition) is 1. The van der Waals surface area contributed by atoms with Crippen LogP contribution in [0.5, 0.6) is 0 Å². The molecule has 1 aliphatic heterocycles. The summed E-state index contributed by atoms with van der Waals surface area (Å²) >= 11 is 0. The molecule has 0 radical (unpaired) electrons. The Morgan fingerprint density at radius 3 is 2.72 bits per heavy atom. The molecule has 0 unspecified atom stereocenters. The molecule has 0 saturated heterocycles. The molecule has 2 heterocycles. The van der Waals surface area contributed by atoms with Crippen LogP contribution in [-0.4, -0.2) is 23.5 Å². The number of hydrogen-bond acceptors (Lipinski definition) is 3. The van der Waals surface area contributed by atoms with Crippen LogP contribution in [0.2, 0.25) is 0 Å². The lowest BCUT2D eigenvalue weighted by Gasteiger charge is -2.33. The van der Waals surface area contributed by atoms with Crippen molar-refractivity contribution in [1.82, 2.24) is 9.88 Å². The molecule has 18 heavy (non-hydrogen) atoms. The minimum Gasteiger partial charge on any atom is -0.358 e. The van der Waals surface area contributed by atoms with Gasteiger partial charge in [-0.3, -0.25) is 4.90 Å². The molecular formula is C14H16N4. The maximum Gasteiger partial charge on any atom is 0.131 e. The summed E-state index contributed by atoms with van der Waals surface area (Å²) in [7, 11) is 2.11. The van der Waals surface area contributed by atoms with Crippen molar-refractivity contribution in [2.24, 2.45) is 0 Å². The van der Waals surface area contributed by atoms with Crippen LogP contribution in [0.4, 0.5) is 0 Å². The van der Waals surface area contributed by atoms with Gasteiger partial charge in [-0.25, -0.2) is 0 Å². The third kappa shape index (κ3) is 2.03. The summed E-state index contributed by atoms with van der Waals surface area (Å²) in [5.74, 6) is 0.441. The molecule has 0 aliphatic carbocycles. The van der Waals surface area contributed by atoms with Gasteiger partial charge in [0.2, 0.25) is 0 Å². The van der Waals surface area contributed by atoms with E-state index in [2.05, 4.69) is 30.8 Å². The number of H-pyrrole nitrogens is 1. The highest BCUT2D eigenvalue weighted by Gasteiger charge is 2.27. The second-order valence-corrected chi connectivity index (χ2v) is 4.89. The Bertz CT molecular complexity index is 552. The van der Waals surface area contributed by atoms with E-state index in [-0.39, 0.29) is 5.57 Å². The van der Waals surface area contributed by atoms with Crippen LogP contribution < -0.4 is 0 Å². The lowest BCUT2D eigenvalue weighted by molar-refractivity contribution is 0.227. The van der Waals surface area contributed by atoms with Crippen LogP contribution in [0.3, 0.4) is 0 Å². The number of fused-ring (bicyclic) bond motifs is 1. The van der Waals surface area contributed by atoms with E-state index in [4.69, 9.17) is 10.5 Å². The van der Waals surface area contributed by atoms with E-state index in [0.29, 0.717) is 12.0 Å². The van der Waals surface area contributed by atoms with Gasteiger partial charge in [0.15, 0.2) is 0 Å². The Hall–Kier alpha value is -2.04. The minimum atomic E-state index is 0.127. The Morgan fingerprint density at radius 1 is 1.44 bits per heavy atom. The molecule has 2 atom stereocenters. The van der Waals surface area contributed by atoms with Crippen LogP contribution in [0.1, 0.15) is 42.8 Å². The monoisotopic (exact) mass is 240 g/mol. The van der Waals surface area contributed by atoms with E-state index >= 15 is 0 Å². The van der Waals surface area contributed by atoms with Gasteiger partial charge in [0.25, 0.3) is 0 Å². The molecule has 1 N–H and O–H groups in total. The number of aromatic amines is 1. The molecule has 0 bridgehead atoms. The van der Waals surface area contributed by atoms with Crippen LogP contribution in [0.25, 0.3) is 6.08 Å². The van der Waals surface area contributed by atoms with E-state index in [1.54, 1.807) is 6.08 Å². The van der Waals surface area contributed by atoms with Gasteiger partial charge in [0.05, 0.1) is 0 Å². The molecule has 0 fully saturated rings. The molecule has 2 rings (SSSR count). The number of allylic oxidation sites excluding steroid dienone is 1. The summed E-state index contributed by atoms with van der Waals surface area (Å²) < 4.78 is 0. The summed E-state index contributed by atoms with van der Waals surface area (Å²) in [5, 5.41) is 17.5. The smallest absolute Gasteiger partial charge is 0.131 e. The summed E-state index contributed by atoms with van der Waals surface area (Å²) in [4.78, 5) is 5.64. The fourth-order valence-electron chi connectivity index (χ4n) is 2.50. The Labute approximate surface area is 107 Å². The maximum absolute atomic E-state index is 8.77. The highest BCUT2D eigenvalue weighted by Crippen LogP contribution is 2.35. The van der Waals surface area contributed by atoms with E-state index in [1.165, 1.54) is 11.3 Å². The van der Waals surface area contributed by atoms with Crippen LogP contribution in [0.15, 0.2) is 11.6 Å². The number of nitrogens with one attached hydrogen (secondary N) is 1. The molecular weight excluding hydrogens is 224 g/mol. The largest absolute Gasteiger partial charge is 0.358 e. The third-order valence-electron chi connectivity index (χ3n) is 3.61. The van der Waals surface area contributed by atoms with E-state index in [9.17, 15) is 0 Å². The highest BCUT2D eigenvalue weighted by molar-refractivity contribution is 5.61. The first-order chi connectivity index (χ1) is 8.56. The Kier molecular flexibility index (Phi) is 3.23. The topological polar surface area (TPSA) is 66.6 Å². The molecule has 0 saturated carbocycles. The summed E-state index contributed by atoms with van der Waals surface area (Å²) in [6.07, 6.45) is 1.61. The quantitative estimate of drug-likeness (QED) is 0.767. The number of rotatable bonds is 1. The zero-order valence-electron chi connectivity index (χ0n) is 10.9. The lowest BCUT2D eigenvalue weighted by atomic mass is 9.93. The average molecular weight is 240 g/mol. The van der Waals surface area contributed by atoms with E-state index in [1.807, 2.05) is 18.2 Å². The van der Waals surface area contributed by atoms with E-state index in [0.717, 1.165) is 12.2 Å². The number of aromatic nitrogens is 1. The zero-order valence-corrected chi connectivity index (χ0v) is 10.9. The fourth-order valence-corrected chi connectivity index (χ4v) is 2.50. The van der Waals surface area contributed by atoms with Gasteiger partial charge in [-0.15, -0.1) is 0 Å². The number of likely N-dealkylation sites (N-methyl/N-ethyl adjacent to an activating group) is 1. The predicted octanol–water partition coefficient (Wildman–Crippen LogP) is 2.56. The van der Waals surface area contributed by atoms with Crippen molar-refractivity contribution in [2.45, 2.75) is 25.8 Å². The van der Waals surface area contributed by atoms with E-state index < -0.39 is 0 Å². The van der Waals surface area contributed by atoms with Crippen LogP contribution >= 0.6 is 0 Å². The van der Waals surface area contributed by atoms with Crippen LogP contribution in [-0.2, 0) is 0 Å². The van der Waals surface area contributed by atoms with Crippen molar-refractivity contribution in [3.63, 3.8) is 0 Å². The van der Waals surface area contributed by atoms with Gasteiger partial charge in [0, 0.05) is 29.9 Å². The first-order valence-corrected chi connectivity index (χ1v) is 6.01. The second kappa shape index (κ2) is 4.68. The normalized spacial score (nSPS) is 22.7. The van der Waals surface area contributed by atoms with Gasteiger partial charge in [-0.05, 0) is 31.7 Å². The van der Waals surface area contributed by atoms with Gasteiger partial charge in [-0.2, -0.15) is 10.5 Å². The molecule has 0 aromatic carbocycles. The molecule has 4 heteroatoms. The van der Waals surface area contributed by atoms with Crippen molar-refractivity contribution >= 4 is 6.08 Å². The van der Waals surface area contributed by atoms with Gasteiger partial charge in [-0.1, -0.05) is 6.92 Å². The van der Waals surface area contributed by atoms with Crippen molar-refractivity contribution in [3.05, 3.63) is 28.6 Å². The fraction of sp³-hybridized carbons (Fsp3) is 0.429. The molecule has 0 spiro atoms. The SMILES string of the molecule is C[C@@H]1CN(C)[C@@H](C)c2cc(C=C(C#N)C#N)[nH]c21. The molecule has 0 amide bonds. The predicted molar refractivity (Wildman–Crippen MR) is 69.5 cm³/mol.